The summed E-state index contributed by atoms with van der Waals surface area (Å²) in [6, 6.07) is 16.9. The van der Waals surface area contributed by atoms with Crippen LogP contribution in [0.5, 0.6) is 0 Å². The highest BCUT2D eigenvalue weighted by Crippen LogP contribution is 2.45. The minimum absolute atomic E-state index is 0.0790. The molecule has 6 atom stereocenters. The molecule has 38 heavy (non-hydrogen) atoms. The van der Waals surface area contributed by atoms with E-state index >= 15 is 0 Å². The summed E-state index contributed by atoms with van der Waals surface area (Å²) in [6.07, 6.45) is 1.78. The standard InChI is InChI=1S/C30H38N2O6/c33-26(12-13-28(35)32-29-23-9-5-4-8-21(23)16-27(29)34)25(31-30(36)38-22-14-15-37-18-22)17-24(20-10-11-20)19-6-2-1-3-7-19/h1-9,20,22,24-27,29,33-34H,10-18H2,(H,31,36)(H,32,35)/t22?,24-,25?,26?,27-,29-/m0/s1. The van der Waals surface area contributed by atoms with Crippen LogP contribution in [0, 0.1) is 5.92 Å². The maximum atomic E-state index is 12.8. The van der Waals surface area contributed by atoms with Gasteiger partial charge in [-0.15, -0.1) is 0 Å². The molecule has 1 saturated heterocycles. The van der Waals surface area contributed by atoms with Crippen LogP contribution in [0.1, 0.15) is 67.2 Å². The van der Waals surface area contributed by atoms with Crippen LogP contribution in [-0.4, -0.2) is 59.8 Å². The van der Waals surface area contributed by atoms with Crippen LogP contribution < -0.4 is 10.6 Å². The Morgan fingerprint density at radius 3 is 2.55 bits per heavy atom. The Bertz CT molecular complexity index is 1090. The largest absolute Gasteiger partial charge is 0.444 e. The molecule has 0 bridgehead atoms. The Balaban J connectivity index is 1.22. The maximum absolute atomic E-state index is 12.8. The van der Waals surface area contributed by atoms with Crippen molar-refractivity contribution in [2.45, 2.75) is 81.3 Å². The van der Waals surface area contributed by atoms with Gasteiger partial charge in [-0.05, 0) is 54.2 Å². The van der Waals surface area contributed by atoms with Gasteiger partial charge in [0, 0.05) is 19.3 Å². The molecule has 2 fully saturated rings. The van der Waals surface area contributed by atoms with Gasteiger partial charge in [0.05, 0.1) is 37.5 Å². The molecule has 2 aromatic carbocycles. The molecule has 3 aliphatic rings. The Kier molecular flexibility index (Phi) is 8.61. The molecule has 8 nitrogen and oxygen atoms in total. The van der Waals surface area contributed by atoms with Gasteiger partial charge in [0.2, 0.25) is 5.91 Å². The first-order valence-electron chi connectivity index (χ1n) is 13.8. The Morgan fingerprint density at radius 1 is 1.05 bits per heavy atom. The normalized spacial score (nSPS) is 24.7. The van der Waals surface area contributed by atoms with Gasteiger partial charge in [0.25, 0.3) is 0 Å². The SMILES string of the molecule is O=C(CCC(O)C(C[C@@H](c1ccccc1)C1CC1)NC(=O)OC1CCOC1)N[C@H]1c2ccccc2C[C@@H]1O. The average molecular weight is 523 g/mol. The van der Waals surface area contributed by atoms with Crippen molar-refractivity contribution in [3.05, 3.63) is 71.3 Å². The molecule has 2 aromatic rings. The quantitative estimate of drug-likeness (QED) is 0.360. The molecule has 1 aliphatic heterocycles. The molecule has 0 aromatic heterocycles. The van der Waals surface area contributed by atoms with Gasteiger partial charge in [-0.1, -0.05) is 54.6 Å². The van der Waals surface area contributed by atoms with Crippen molar-refractivity contribution in [1.29, 1.82) is 0 Å². The van der Waals surface area contributed by atoms with E-state index in [2.05, 4.69) is 22.8 Å². The second-order valence-electron chi connectivity index (χ2n) is 10.9. The predicted octanol–water partition coefficient (Wildman–Crippen LogP) is 3.37. The van der Waals surface area contributed by atoms with Gasteiger partial charge in [-0.2, -0.15) is 0 Å². The van der Waals surface area contributed by atoms with Crippen LogP contribution in [0.3, 0.4) is 0 Å². The smallest absolute Gasteiger partial charge is 0.407 e. The third kappa shape index (κ3) is 6.73. The van der Waals surface area contributed by atoms with E-state index in [0.29, 0.717) is 38.4 Å². The highest BCUT2D eigenvalue weighted by atomic mass is 16.6. The number of nitrogens with one attached hydrogen (secondary N) is 2. The summed E-state index contributed by atoms with van der Waals surface area (Å²) in [5.41, 5.74) is 3.16. The molecule has 1 heterocycles. The molecule has 3 unspecified atom stereocenters. The minimum Gasteiger partial charge on any atom is -0.444 e. The highest BCUT2D eigenvalue weighted by molar-refractivity contribution is 5.77. The van der Waals surface area contributed by atoms with Crippen LogP contribution in [0.4, 0.5) is 4.79 Å². The molecular formula is C30H38N2O6. The predicted molar refractivity (Wildman–Crippen MR) is 141 cm³/mol. The summed E-state index contributed by atoms with van der Waals surface area (Å²) in [5.74, 6) is 0.473. The van der Waals surface area contributed by atoms with Crippen molar-refractivity contribution in [2.24, 2.45) is 5.92 Å². The number of rotatable bonds is 11. The zero-order valence-electron chi connectivity index (χ0n) is 21.6. The fraction of sp³-hybridized carbons (Fsp3) is 0.533. The van der Waals surface area contributed by atoms with E-state index in [1.807, 2.05) is 42.5 Å². The van der Waals surface area contributed by atoms with Crippen LogP contribution in [0.25, 0.3) is 0 Å². The van der Waals surface area contributed by atoms with Crippen molar-refractivity contribution in [2.75, 3.05) is 13.2 Å². The fourth-order valence-electron chi connectivity index (χ4n) is 5.80. The number of aliphatic hydroxyl groups is 2. The number of hydrogen-bond acceptors (Lipinski definition) is 6. The summed E-state index contributed by atoms with van der Waals surface area (Å²) in [7, 11) is 0. The average Bonchev–Trinajstić information content (AvgIpc) is 3.54. The lowest BCUT2D eigenvalue weighted by molar-refractivity contribution is -0.123. The van der Waals surface area contributed by atoms with Crippen molar-refractivity contribution in [1.82, 2.24) is 10.6 Å². The first kappa shape index (κ1) is 26.7. The number of fused-ring (bicyclic) bond motifs is 1. The summed E-state index contributed by atoms with van der Waals surface area (Å²) in [6.45, 7) is 0.947. The highest BCUT2D eigenvalue weighted by Gasteiger charge is 2.37. The second-order valence-corrected chi connectivity index (χ2v) is 10.9. The number of carbonyl (C=O) groups excluding carboxylic acids is 2. The van der Waals surface area contributed by atoms with Crippen LogP contribution in [-0.2, 0) is 20.7 Å². The van der Waals surface area contributed by atoms with Gasteiger partial charge in [-0.3, -0.25) is 4.79 Å². The van der Waals surface area contributed by atoms with E-state index in [0.717, 1.165) is 24.0 Å². The maximum Gasteiger partial charge on any atom is 0.407 e. The van der Waals surface area contributed by atoms with Crippen LogP contribution in [0.2, 0.25) is 0 Å². The van der Waals surface area contributed by atoms with Crippen molar-refractivity contribution in [3.63, 3.8) is 0 Å². The van der Waals surface area contributed by atoms with E-state index < -0.39 is 30.4 Å². The lowest BCUT2D eigenvalue weighted by Crippen LogP contribution is -2.46. The number of carbonyl (C=O) groups is 2. The number of amides is 2. The van der Waals surface area contributed by atoms with E-state index in [1.54, 1.807) is 0 Å². The Morgan fingerprint density at radius 2 is 1.82 bits per heavy atom. The molecule has 5 rings (SSSR count). The van der Waals surface area contributed by atoms with Crippen molar-refractivity contribution >= 4 is 12.0 Å². The molecule has 0 spiro atoms. The first-order chi connectivity index (χ1) is 18.5. The number of benzene rings is 2. The van der Waals surface area contributed by atoms with E-state index in [4.69, 9.17) is 9.47 Å². The van der Waals surface area contributed by atoms with Gasteiger partial charge < -0.3 is 30.3 Å². The lowest BCUT2D eigenvalue weighted by atomic mass is 9.85. The zero-order valence-corrected chi connectivity index (χ0v) is 21.6. The number of hydrogen-bond donors (Lipinski definition) is 4. The second kappa shape index (κ2) is 12.3. The number of ether oxygens (including phenoxy) is 2. The van der Waals surface area contributed by atoms with Crippen LogP contribution in [0.15, 0.2) is 54.6 Å². The van der Waals surface area contributed by atoms with Gasteiger partial charge in [0.1, 0.15) is 6.10 Å². The molecule has 2 amide bonds. The molecular weight excluding hydrogens is 484 g/mol. The molecule has 204 valence electrons. The van der Waals surface area contributed by atoms with E-state index in [9.17, 15) is 19.8 Å². The summed E-state index contributed by atoms with van der Waals surface area (Å²) in [5, 5.41) is 27.5. The van der Waals surface area contributed by atoms with Gasteiger partial charge >= 0.3 is 6.09 Å². The third-order valence-corrected chi connectivity index (χ3v) is 8.04. The van der Waals surface area contributed by atoms with Crippen molar-refractivity contribution in [3.8, 4) is 0 Å². The Labute approximate surface area is 223 Å². The molecule has 1 saturated carbocycles. The first-order valence-corrected chi connectivity index (χ1v) is 13.8. The lowest BCUT2D eigenvalue weighted by Gasteiger charge is -2.29. The summed E-state index contributed by atoms with van der Waals surface area (Å²) < 4.78 is 10.8. The number of aliphatic hydroxyl groups excluding tert-OH is 2. The topological polar surface area (TPSA) is 117 Å². The van der Waals surface area contributed by atoms with Gasteiger partial charge in [-0.25, -0.2) is 4.79 Å². The molecule has 2 aliphatic carbocycles. The molecule has 0 radical (unpaired) electrons. The zero-order chi connectivity index (χ0) is 26.5. The van der Waals surface area contributed by atoms with Crippen molar-refractivity contribution < 1.29 is 29.3 Å². The fourth-order valence-corrected chi connectivity index (χ4v) is 5.80. The van der Waals surface area contributed by atoms with Crippen LogP contribution >= 0.6 is 0 Å². The Hall–Kier alpha value is -2.94. The van der Waals surface area contributed by atoms with E-state index in [1.165, 1.54) is 5.56 Å². The summed E-state index contributed by atoms with van der Waals surface area (Å²) >= 11 is 0. The summed E-state index contributed by atoms with van der Waals surface area (Å²) in [4.78, 5) is 25.6. The monoisotopic (exact) mass is 522 g/mol. The molecule has 4 N–H and O–H groups in total. The number of alkyl carbamates (subject to hydrolysis) is 1. The third-order valence-electron chi connectivity index (χ3n) is 8.04. The van der Waals surface area contributed by atoms with Gasteiger partial charge in [0.15, 0.2) is 0 Å². The minimum atomic E-state index is -0.932. The van der Waals surface area contributed by atoms with E-state index in [-0.39, 0.29) is 30.8 Å². The molecule has 8 heteroatoms.